The highest BCUT2D eigenvalue weighted by Gasteiger charge is 2.21. The van der Waals surface area contributed by atoms with Crippen molar-refractivity contribution in [2.75, 3.05) is 5.32 Å². The molecule has 0 aliphatic carbocycles. The third-order valence-corrected chi connectivity index (χ3v) is 6.46. The van der Waals surface area contributed by atoms with Crippen LogP contribution in [0.1, 0.15) is 21.5 Å². The van der Waals surface area contributed by atoms with E-state index >= 15 is 0 Å². The van der Waals surface area contributed by atoms with Crippen LogP contribution in [0.25, 0.3) is 0 Å². The van der Waals surface area contributed by atoms with Gasteiger partial charge in [-0.1, -0.05) is 64.9 Å². The molecule has 2 aromatic carbocycles. The van der Waals surface area contributed by atoms with E-state index in [-0.39, 0.29) is 26.6 Å². The predicted molar refractivity (Wildman–Crippen MR) is 105 cm³/mol. The van der Waals surface area contributed by atoms with Gasteiger partial charge in [-0.2, -0.15) is 0 Å². The van der Waals surface area contributed by atoms with Crippen LogP contribution in [0.15, 0.2) is 52.9 Å². The molecule has 140 valence electrons. The number of amides is 1. The number of hydrogen-bond acceptors (Lipinski definition) is 6. The highest BCUT2D eigenvalue weighted by molar-refractivity contribution is 7.91. The van der Waals surface area contributed by atoms with Crippen molar-refractivity contribution in [2.24, 2.45) is 0 Å². The van der Waals surface area contributed by atoms with E-state index < -0.39 is 15.9 Å². The Morgan fingerprint density at radius 1 is 1.15 bits per heavy atom. The van der Waals surface area contributed by atoms with Crippen molar-refractivity contribution >= 4 is 44.0 Å². The van der Waals surface area contributed by atoms with Crippen LogP contribution < -0.4 is 10.0 Å². The van der Waals surface area contributed by atoms with Gasteiger partial charge in [-0.3, -0.25) is 10.1 Å². The van der Waals surface area contributed by atoms with Crippen molar-refractivity contribution in [1.29, 1.82) is 0 Å². The lowest BCUT2D eigenvalue weighted by Crippen LogP contribution is -2.23. The maximum absolute atomic E-state index is 12.4. The van der Waals surface area contributed by atoms with Crippen LogP contribution in [-0.2, 0) is 16.6 Å². The van der Waals surface area contributed by atoms with Gasteiger partial charge in [0.2, 0.25) is 9.47 Å². The number of hydrogen-bond donors (Lipinski definition) is 2. The molecule has 3 rings (SSSR count). The fourth-order valence-electron chi connectivity index (χ4n) is 2.24. The lowest BCUT2D eigenvalue weighted by atomic mass is 10.1. The minimum Gasteiger partial charge on any atom is -0.296 e. The number of halogens is 1. The van der Waals surface area contributed by atoms with Gasteiger partial charge in [0, 0.05) is 6.54 Å². The summed E-state index contributed by atoms with van der Waals surface area (Å²) in [6.07, 6.45) is 0. The molecule has 1 heterocycles. The van der Waals surface area contributed by atoms with Crippen molar-refractivity contribution in [3.05, 3.63) is 70.2 Å². The molecule has 0 bridgehead atoms. The molecule has 1 amide bonds. The van der Waals surface area contributed by atoms with Crippen molar-refractivity contribution in [1.82, 2.24) is 14.9 Å². The normalized spacial score (nSPS) is 11.3. The molecule has 1 aromatic heterocycles. The first-order valence-corrected chi connectivity index (χ1v) is 10.5. The number of benzene rings is 2. The third-order valence-electron chi connectivity index (χ3n) is 3.52. The van der Waals surface area contributed by atoms with E-state index in [9.17, 15) is 13.2 Å². The van der Waals surface area contributed by atoms with Crippen LogP contribution in [-0.4, -0.2) is 24.5 Å². The molecular formula is C17H15ClN4O3S2. The maximum atomic E-state index is 12.4. The summed E-state index contributed by atoms with van der Waals surface area (Å²) in [5.74, 6) is -0.492. The van der Waals surface area contributed by atoms with Gasteiger partial charge in [-0.25, -0.2) is 13.1 Å². The Bertz CT molecular complexity index is 1080. The molecule has 0 saturated carbocycles. The Balaban J connectivity index is 1.69. The standard InChI is InChI=1S/C17H15ClN4O3S2/c1-11-5-4-6-12(9-11)10-19-27(24,25)17-22-21-16(26-17)20-15(23)13-7-2-3-8-14(13)18/h2-9,19H,10H2,1H3,(H,20,21,23). The highest BCUT2D eigenvalue weighted by atomic mass is 35.5. The van der Waals surface area contributed by atoms with Gasteiger partial charge in [0.05, 0.1) is 10.6 Å². The number of nitrogens with one attached hydrogen (secondary N) is 2. The number of aryl methyl sites for hydroxylation is 1. The number of anilines is 1. The van der Waals surface area contributed by atoms with E-state index in [4.69, 9.17) is 11.6 Å². The molecule has 27 heavy (non-hydrogen) atoms. The largest absolute Gasteiger partial charge is 0.296 e. The van der Waals surface area contributed by atoms with Crippen LogP contribution in [0, 0.1) is 6.92 Å². The molecule has 0 atom stereocenters. The number of rotatable bonds is 6. The monoisotopic (exact) mass is 422 g/mol. The molecule has 2 N–H and O–H groups in total. The summed E-state index contributed by atoms with van der Waals surface area (Å²) in [4.78, 5) is 12.2. The summed E-state index contributed by atoms with van der Waals surface area (Å²) < 4.78 is 27.0. The first-order valence-electron chi connectivity index (χ1n) is 7.80. The van der Waals surface area contributed by atoms with E-state index in [0.717, 1.165) is 22.5 Å². The molecule has 0 fully saturated rings. The molecule has 0 spiro atoms. The number of nitrogens with zero attached hydrogens (tertiary/aromatic N) is 2. The number of carbonyl (C=O) groups excluding carboxylic acids is 1. The molecule has 0 saturated heterocycles. The average molecular weight is 423 g/mol. The molecule has 0 radical (unpaired) electrons. The van der Waals surface area contributed by atoms with Gasteiger partial charge in [0.25, 0.3) is 15.9 Å². The summed E-state index contributed by atoms with van der Waals surface area (Å²) in [6.45, 7) is 2.06. The van der Waals surface area contributed by atoms with Crippen LogP contribution >= 0.6 is 22.9 Å². The molecule has 3 aromatic rings. The third kappa shape index (κ3) is 4.89. The summed E-state index contributed by atoms with van der Waals surface area (Å²) in [7, 11) is -3.84. The zero-order valence-electron chi connectivity index (χ0n) is 14.1. The minimum absolute atomic E-state index is 0.0656. The Kier molecular flexibility index (Phi) is 5.85. The highest BCUT2D eigenvalue weighted by Crippen LogP contribution is 2.22. The van der Waals surface area contributed by atoms with Crippen LogP contribution in [0.4, 0.5) is 5.13 Å². The first kappa shape index (κ1) is 19.4. The smallest absolute Gasteiger partial charge is 0.270 e. The van der Waals surface area contributed by atoms with Gasteiger partial charge in [-0.05, 0) is 24.6 Å². The Morgan fingerprint density at radius 2 is 1.93 bits per heavy atom. The van der Waals surface area contributed by atoms with E-state index in [1.54, 1.807) is 24.3 Å². The fraction of sp³-hybridized carbons (Fsp3) is 0.118. The molecular weight excluding hydrogens is 408 g/mol. The first-order chi connectivity index (χ1) is 12.8. The molecule has 7 nitrogen and oxygen atoms in total. The predicted octanol–water partition coefficient (Wildman–Crippen LogP) is 3.23. The summed E-state index contributed by atoms with van der Waals surface area (Å²) in [6, 6.07) is 14.0. The molecule has 0 unspecified atom stereocenters. The van der Waals surface area contributed by atoms with Crippen LogP contribution in [0.5, 0.6) is 0 Å². The van der Waals surface area contributed by atoms with Gasteiger partial charge in [0.1, 0.15) is 0 Å². The number of carbonyl (C=O) groups is 1. The number of sulfonamides is 1. The molecule has 0 aliphatic rings. The Labute approximate surface area is 165 Å². The quantitative estimate of drug-likeness (QED) is 0.594. The van der Waals surface area contributed by atoms with Gasteiger partial charge < -0.3 is 0 Å². The van der Waals surface area contributed by atoms with Crippen LogP contribution in [0.3, 0.4) is 0 Å². The Morgan fingerprint density at radius 3 is 2.67 bits per heavy atom. The fourth-order valence-corrected chi connectivity index (χ4v) is 4.42. The average Bonchev–Trinajstić information content (AvgIpc) is 3.10. The van der Waals surface area contributed by atoms with Gasteiger partial charge in [0.15, 0.2) is 0 Å². The Hall–Kier alpha value is -2.33. The van der Waals surface area contributed by atoms with Crippen molar-refractivity contribution in [2.45, 2.75) is 17.8 Å². The van der Waals surface area contributed by atoms with Gasteiger partial charge >= 0.3 is 0 Å². The lowest BCUT2D eigenvalue weighted by molar-refractivity contribution is 0.102. The lowest BCUT2D eigenvalue weighted by Gasteiger charge is -2.04. The van der Waals surface area contributed by atoms with E-state index in [2.05, 4.69) is 20.2 Å². The van der Waals surface area contributed by atoms with Crippen molar-refractivity contribution in [3.8, 4) is 0 Å². The SMILES string of the molecule is Cc1cccc(CNS(=O)(=O)c2nnc(NC(=O)c3ccccc3Cl)s2)c1. The zero-order valence-corrected chi connectivity index (χ0v) is 16.5. The molecule has 0 aliphatic heterocycles. The second kappa shape index (κ2) is 8.13. The van der Waals surface area contributed by atoms with Gasteiger partial charge in [-0.15, -0.1) is 10.2 Å². The van der Waals surface area contributed by atoms with E-state index in [0.29, 0.717) is 0 Å². The summed E-state index contributed by atoms with van der Waals surface area (Å²) >= 11 is 6.73. The maximum Gasteiger partial charge on any atom is 0.270 e. The second-order valence-corrected chi connectivity index (χ2v) is 8.95. The van der Waals surface area contributed by atoms with E-state index in [1.807, 2.05) is 31.2 Å². The zero-order chi connectivity index (χ0) is 19.4. The summed E-state index contributed by atoms with van der Waals surface area (Å²) in [5, 5.41) is 10.2. The molecule has 10 heteroatoms. The topological polar surface area (TPSA) is 101 Å². The summed E-state index contributed by atoms with van der Waals surface area (Å²) in [5.41, 5.74) is 2.12. The number of aromatic nitrogens is 2. The minimum atomic E-state index is -3.84. The van der Waals surface area contributed by atoms with Crippen molar-refractivity contribution < 1.29 is 13.2 Å². The van der Waals surface area contributed by atoms with Crippen molar-refractivity contribution in [3.63, 3.8) is 0 Å². The van der Waals surface area contributed by atoms with E-state index in [1.165, 1.54) is 0 Å². The van der Waals surface area contributed by atoms with Crippen LogP contribution in [0.2, 0.25) is 5.02 Å². The second-order valence-electron chi connectivity index (χ2n) is 5.62.